The molecule has 0 saturated heterocycles. The Morgan fingerprint density at radius 1 is 1.60 bits per heavy atom. The zero-order chi connectivity index (χ0) is 11.5. The van der Waals surface area contributed by atoms with Crippen LogP contribution in [-0.4, -0.2) is 21.8 Å². The van der Waals surface area contributed by atoms with Gasteiger partial charge in [0, 0.05) is 12.1 Å². The van der Waals surface area contributed by atoms with E-state index >= 15 is 0 Å². The average molecular weight is 248 g/mol. The highest BCUT2D eigenvalue weighted by Crippen LogP contribution is 2.19. The minimum absolute atomic E-state index is 0.0940. The van der Waals surface area contributed by atoms with Crippen molar-refractivity contribution in [2.24, 2.45) is 5.41 Å². The van der Waals surface area contributed by atoms with Crippen LogP contribution in [-0.2, 0) is 4.79 Å². The second-order valence-electron chi connectivity index (χ2n) is 3.68. The van der Waals surface area contributed by atoms with Crippen LogP contribution in [0.25, 0.3) is 0 Å². The molecule has 1 aromatic rings. The number of halogens is 2. The molecule has 1 N–H and O–H groups in total. The summed E-state index contributed by atoms with van der Waals surface area (Å²) in [6.45, 7) is 3.50. The van der Waals surface area contributed by atoms with Gasteiger partial charge in [0.2, 0.25) is 11.2 Å². The molecular formula is C9H11Cl2N3O. The molecule has 0 aromatic carbocycles. The second-order valence-corrected chi connectivity index (χ2v) is 4.29. The van der Waals surface area contributed by atoms with E-state index in [1.165, 1.54) is 6.20 Å². The summed E-state index contributed by atoms with van der Waals surface area (Å²) in [6, 6.07) is 1.56. The van der Waals surface area contributed by atoms with Gasteiger partial charge in [0.15, 0.2) is 0 Å². The third kappa shape index (κ3) is 3.32. The van der Waals surface area contributed by atoms with Gasteiger partial charge in [-0.25, -0.2) is 9.97 Å². The maximum absolute atomic E-state index is 11.7. The first-order valence-electron chi connectivity index (χ1n) is 4.31. The summed E-state index contributed by atoms with van der Waals surface area (Å²) >= 11 is 11.2. The number of hydrogen-bond donors (Lipinski definition) is 1. The smallest absolute Gasteiger partial charge is 0.232 e. The fourth-order valence-electron chi connectivity index (χ4n) is 0.751. The van der Waals surface area contributed by atoms with Crippen LogP contribution in [0.5, 0.6) is 0 Å². The van der Waals surface area contributed by atoms with Crippen LogP contribution in [0.2, 0.25) is 5.28 Å². The Hall–Kier alpha value is -0.870. The maximum atomic E-state index is 11.7. The molecule has 6 heteroatoms. The van der Waals surface area contributed by atoms with Crippen molar-refractivity contribution in [3.05, 3.63) is 17.5 Å². The Labute approximate surface area is 98.0 Å². The van der Waals surface area contributed by atoms with Crippen molar-refractivity contribution in [3.63, 3.8) is 0 Å². The van der Waals surface area contributed by atoms with E-state index in [1.54, 1.807) is 19.9 Å². The molecule has 0 aliphatic carbocycles. The van der Waals surface area contributed by atoms with Gasteiger partial charge in [0.1, 0.15) is 5.82 Å². The number of rotatable bonds is 3. The number of aromatic nitrogens is 2. The van der Waals surface area contributed by atoms with Crippen LogP contribution in [0, 0.1) is 5.41 Å². The summed E-state index contributed by atoms with van der Waals surface area (Å²) in [7, 11) is 0. The lowest BCUT2D eigenvalue weighted by molar-refractivity contribution is -0.123. The maximum Gasteiger partial charge on any atom is 0.232 e. The number of carbonyl (C=O) groups excluding carboxylic acids is 1. The fraction of sp³-hybridized carbons (Fsp3) is 0.444. The number of anilines is 1. The molecule has 0 bridgehead atoms. The van der Waals surface area contributed by atoms with Crippen LogP contribution in [0.3, 0.4) is 0 Å². The van der Waals surface area contributed by atoms with E-state index in [-0.39, 0.29) is 17.1 Å². The molecule has 0 spiro atoms. The molecule has 4 nitrogen and oxygen atoms in total. The van der Waals surface area contributed by atoms with E-state index in [2.05, 4.69) is 15.3 Å². The molecule has 15 heavy (non-hydrogen) atoms. The largest absolute Gasteiger partial charge is 0.310 e. The van der Waals surface area contributed by atoms with Crippen molar-refractivity contribution in [1.82, 2.24) is 9.97 Å². The fourth-order valence-corrected chi connectivity index (χ4v) is 1.02. The number of amides is 1. The lowest BCUT2D eigenvalue weighted by atomic mass is 9.95. The first-order chi connectivity index (χ1) is 6.95. The molecule has 0 atom stereocenters. The van der Waals surface area contributed by atoms with Crippen LogP contribution >= 0.6 is 23.2 Å². The number of hydrogen-bond acceptors (Lipinski definition) is 3. The van der Waals surface area contributed by atoms with Crippen molar-refractivity contribution in [2.45, 2.75) is 13.8 Å². The van der Waals surface area contributed by atoms with Gasteiger partial charge in [-0.2, -0.15) is 0 Å². The van der Waals surface area contributed by atoms with Crippen molar-refractivity contribution in [1.29, 1.82) is 0 Å². The highest BCUT2D eigenvalue weighted by Gasteiger charge is 2.26. The lowest BCUT2D eigenvalue weighted by Crippen LogP contribution is -2.32. The van der Waals surface area contributed by atoms with E-state index in [0.29, 0.717) is 5.82 Å². The Balaban J connectivity index is 2.75. The SMILES string of the molecule is CC(C)(CCl)C(=O)Nc1ccnc(Cl)n1. The number of alkyl halides is 1. The van der Waals surface area contributed by atoms with Gasteiger partial charge in [-0.15, -0.1) is 11.6 Å². The highest BCUT2D eigenvalue weighted by atomic mass is 35.5. The topological polar surface area (TPSA) is 54.9 Å². The van der Waals surface area contributed by atoms with Gasteiger partial charge in [-0.3, -0.25) is 4.79 Å². The van der Waals surface area contributed by atoms with E-state index in [0.717, 1.165) is 0 Å². The summed E-state index contributed by atoms with van der Waals surface area (Å²) in [6.07, 6.45) is 1.47. The van der Waals surface area contributed by atoms with Crippen molar-refractivity contribution in [2.75, 3.05) is 11.2 Å². The van der Waals surface area contributed by atoms with Gasteiger partial charge in [0.05, 0.1) is 5.41 Å². The first-order valence-corrected chi connectivity index (χ1v) is 5.23. The van der Waals surface area contributed by atoms with Gasteiger partial charge in [-0.1, -0.05) is 0 Å². The van der Waals surface area contributed by atoms with Gasteiger partial charge >= 0.3 is 0 Å². The van der Waals surface area contributed by atoms with Crippen LogP contribution in [0.4, 0.5) is 5.82 Å². The molecule has 0 fully saturated rings. The minimum atomic E-state index is -0.640. The monoisotopic (exact) mass is 247 g/mol. The molecule has 1 heterocycles. The molecule has 0 saturated carbocycles. The molecule has 0 aliphatic rings. The molecule has 0 aliphatic heterocycles. The second kappa shape index (κ2) is 4.77. The Morgan fingerprint density at radius 3 is 2.80 bits per heavy atom. The quantitative estimate of drug-likeness (QED) is 0.659. The molecule has 0 unspecified atom stereocenters. The van der Waals surface area contributed by atoms with E-state index in [4.69, 9.17) is 23.2 Å². The predicted molar refractivity (Wildman–Crippen MR) is 60.2 cm³/mol. The average Bonchev–Trinajstić information content (AvgIpc) is 2.17. The summed E-state index contributed by atoms with van der Waals surface area (Å²) in [4.78, 5) is 19.2. The summed E-state index contributed by atoms with van der Waals surface area (Å²) < 4.78 is 0. The molecular weight excluding hydrogens is 237 g/mol. The molecule has 1 aromatic heterocycles. The normalized spacial score (nSPS) is 11.2. The molecule has 1 amide bonds. The number of nitrogens with one attached hydrogen (secondary N) is 1. The summed E-state index contributed by atoms with van der Waals surface area (Å²) in [5, 5.41) is 2.71. The molecule has 1 rings (SSSR count). The first kappa shape index (κ1) is 12.2. The summed E-state index contributed by atoms with van der Waals surface area (Å²) in [5.41, 5.74) is -0.640. The van der Waals surface area contributed by atoms with Crippen LogP contribution in [0.15, 0.2) is 12.3 Å². The number of nitrogens with zero attached hydrogens (tertiary/aromatic N) is 2. The Kier molecular flexibility index (Phi) is 3.88. The minimum Gasteiger partial charge on any atom is -0.310 e. The summed E-state index contributed by atoms with van der Waals surface area (Å²) in [5.74, 6) is 0.405. The van der Waals surface area contributed by atoms with Crippen molar-refractivity contribution >= 4 is 34.9 Å². The lowest BCUT2D eigenvalue weighted by Gasteiger charge is -2.19. The van der Waals surface area contributed by atoms with Gasteiger partial charge in [0.25, 0.3) is 0 Å². The standard InChI is InChI=1S/C9H11Cl2N3O/c1-9(2,5-10)7(15)13-6-3-4-12-8(11)14-6/h3-4H,5H2,1-2H3,(H,12,13,14,15). The predicted octanol–water partition coefficient (Wildman–Crippen LogP) is 2.33. The van der Waals surface area contributed by atoms with Gasteiger partial charge < -0.3 is 5.32 Å². The van der Waals surface area contributed by atoms with Crippen molar-refractivity contribution < 1.29 is 4.79 Å². The van der Waals surface area contributed by atoms with Gasteiger partial charge in [-0.05, 0) is 31.5 Å². The molecule has 82 valence electrons. The molecule has 0 radical (unpaired) electrons. The zero-order valence-electron chi connectivity index (χ0n) is 8.42. The van der Waals surface area contributed by atoms with Crippen LogP contribution < -0.4 is 5.32 Å². The zero-order valence-corrected chi connectivity index (χ0v) is 9.93. The Morgan fingerprint density at radius 2 is 2.27 bits per heavy atom. The number of carbonyl (C=O) groups is 1. The Bertz CT molecular complexity index is 368. The highest BCUT2D eigenvalue weighted by molar-refractivity contribution is 6.28. The van der Waals surface area contributed by atoms with E-state index in [1.807, 2.05) is 0 Å². The van der Waals surface area contributed by atoms with Crippen LogP contribution in [0.1, 0.15) is 13.8 Å². The third-order valence-electron chi connectivity index (χ3n) is 1.82. The van der Waals surface area contributed by atoms with Crippen molar-refractivity contribution in [3.8, 4) is 0 Å². The third-order valence-corrected chi connectivity index (χ3v) is 2.67. The van der Waals surface area contributed by atoms with E-state index < -0.39 is 5.41 Å². The van der Waals surface area contributed by atoms with E-state index in [9.17, 15) is 4.79 Å².